The largest absolute Gasteiger partial charge is 0.365 e. The van der Waals surface area contributed by atoms with Crippen molar-refractivity contribution in [1.29, 1.82) is 0 Å². The van der Waals surface area contributed by atoms with Gasteiger partial charge >= 0.3 is 0 Å². The maximum atomic E-state index is 13.1. The second-order valence-corrected chi connectivity index (χ2v) is 9.84. The number of nitro benzene ring substituents is 1. The number of non-ortho nitro benzene ring substituents is 1. The molecule has 8 heteroatoms. The number of nitro groups is 1. The molecular formula is C21H25N3O4S. The van der Waals surface area contributed by atoms with Crippen LogP contribution in [0.25, 0.3) is 0 Å². The smallest absolute Gasteiger partial charge is 0.269 e. The maximum Gasteiger partial charge on any atom is 0.269 e. The van der Waals surface area contributed by atoms with E-state index in [9.17, 15) is 18.5 Å². The van der Waals surface area contributed by atoms with Crippen LogP contribution in [0.15, 0.2) is 47.4 Å². The third kappa shape index (κ3) is 3.51. The molecule has 2 heterocycles. The van der Waals surface area contributed by atoms with Gasteiger partial charge in [0.05, 0.1) is 9.82 Å². The molecule has 0 aliphatic carbocycles. The molecule has 0 radical (unpaired) electrons. The number of benzene rings is 2. The first-order chi connectivity index (χ1) is 13.8. The van der Waals surface area contributed by atoms with Crippen molar-refractivity contribution in [3.05, 3.63) is 63.7 Å². The lowest BCUT2D eigenvalue weighted by atomic mass is 10.0. The molecule has 0 spiro atoms. The van der Waals surface area contributed by atoms with Gasteiger partial charge in [-0.2, -0.15) is 4.31 Å². The molecule has 0 aromatic heterocycles. The zero-order valence-corrected chi connectivity index (χ0v) is 17.4. The van der Waals surface area contributed by atoms with Gasteiger partial charge in [-0.15, -0.1) is 0 Å². The third-order valence-electron chi connectivity index (χ3n) is 6.06. The molecule has 1 fully saturated rings. The molecule has 7 nitrogen and oxygen atoms in total. The minimum Gasteiger partial charge on any atom is -0.365 e. The monoisotopic (exact) mass is 415 g/mol. The van der Waals surface area contributed by atoms with E-state index in [0.717, 1.165) is 19.3 Å². The van der Waals surface area contributed by atoms with E-state index in [0.29, 0.717) is 30.7 Å². The van der Waals surface area contributed by atoms with Gasteiger partial charge in [0, 0.05) is 43.0 Å². The highest BCUT2D eigenvalue weighted by Crippen LogP contribution is 2.37. The molecule has 2 aliphatic rings. The van der Waals surface area contributed by atoms with Crippen LogP contribution in [0.5, 0.6) is 0 Å². The lowest BCUT2D eigenvalue weighted by Crippen LogP contribution is -2.48. The highest BCUT2D eigenvalue weighted by Gasteiger charge is 2.36. The van der Waals surface area contributed by atoms with Crippen molar-refractivity contribution < 1.29 is 13.3 Å². The van der Waals surface area contributed by atoms with E-state index in [2.05, 4.69) is 36.1 Å². The zero-order chi connectivity index (χ0) is 20.8. The van der Waals surface area contributed by atoms with Crippen LogP contribution in [0.4, 0.5) is 11.4 Å². The Morgan fingerprint density at radius 2 is 1.79 bits per heavy atom. The van der Waals surface area contributed by atoms with Gasteiger partial charge in [0.25, 0.3) is 5.69 Å². The Labute approximate surface area is 171 Å². The van der Waals surface area contributed by atoms with E-state index >= 15 is 0 Å². The molecule has 2 aliphatic heterocycles. The number of hydrogen-bond donors (Lipinski definition) is 0. The molecule has 0 amide bonds. The third-order valence-corrected chi connectivity index (χ3v) is 8.12. The second-order valence-electron chi connectivity index (χ2n) is 7.93. The fourth-order valence-corrected chi connectivity index (χ4v) is 6.36. The van der Waals surface area contributed by atoms with E-state index in [1.54, 1.807) is 6.92 Å². The predicted octanol–water partition coefficient (Wildman–Crippen LogP) is 3.51. The Morgan fingerprint density at radius 1 is 1.10 bits per heavy atom. The standard InChI is InChI=1S/C21H25N3O4S/c1-15-13-19(24(25)26)7-8-21(15)29(27,28)22-11-9-18(10-12-22)23-16(2)14-17-5-3-4-6-20(17)23/h3-8,13,16,18H,9-12,14H2,1-2H3. The molecule has 1 unspecified atom stereocenters. The summed E-state index contributed by atoms with van der Waals surface area (Å²) in [5.74, 6) is 0. The molecule has 1 atom stereocenters. The van der Waals surface area contributed by atoms with Gasteiger partial charge in [-0.1, -0.05) is 18.2 Å². The average molecular weight is 416 g/mol. The van der Waals surface area contributed by atoms with Crippen LogP contribution in [0.3, 0.4) is 0 Å². The van der Waals surface area contributed by atoms with Gasteiger partial charge in [0.2, 0.25) is 10.0 Å². The highest BCUT2D eigenvalue weighted by atomic mass is 32.2. The Balaban J connectivity index is 1.50. The molecule has 154 valence electrons. The summed E-state index contributed by atoms with van der Waals surface area (Å²) in [5, 5.41) is 10.9. The summed E-state index contributed by atoms with van der Waals surface area (Å²) >= 11 is 0. The first-order valence-electron chi connectivity index (χ1n) is 9.90. The molecular weight excluding hydrogens is 390 g/mol. The molecule has 2 aromatic carbocycles. The summed E-state index contributed by atoms with van der Waals surface area (Å²) in [6.07, 6.45) is 2.56. The molecule has 0 saturated carbocycles. The summed E-state index contributed by atoms with van der Waals surface area (Å²) in [6, 6.07) is 13.1. The van der Waals surface area contributed by atoms with Crippen LogP contribution in [0, 0.1) is 17.0 Å². The van der Waals surface area contributed by atoms with Crippen molar-refractivity contribution in [1.82, 2.24) is 4.31 Å². The van der Waals surface area contributed by atoms with Gasteiger partial charge in [0.1, 0.15) is 0 Å². The van der Waals surface area contributed by atoms with Crippen LogP contribution in [-0.2, 0) is 16.4 Å². The molecule has 29 heavy (non-hydrogen) atoms. The van der Waals surface area contributed by atoms with Gasteiger partial charge < -0.3 is 4.90 Å². The minimum atomic E-state index is -3.66. The number of piperidine rings is 1. The van der Waals surface area contributed by atoms with E-state index < -0.39 is 14.9 Å². The van der Waals surface area contributed by atoms with Gasteiger partial charge in [-0.25, -0.2) is 8.42 Å². The summed E-state index contributed by atoms with van der Waals surface area (Å²) < 4.78 is 27.8. The van der Waals surface area contributed by atoms with Crippen molar-refractivity contribution in [3.63, 3.8) is 0 Å². The lowest BCUT2D eigenvalue weighted by molar-refractivity contribution is -0.385. The maximum absolute atomic E-state index is 13.1. The fraction of sp³-hybridized carbons (Fsp3) is 0.429. The first kappa shape index (κ1) is 19.8. The van der Waals surface area contributed by atoms with Crippen molar-refractivity contribution in [2.75, 3.05) is 18.0 Å². The quantitative estimate of drug-likeness (QED) is 0.564. The molecule has 0 bridgehead atoms. The highest BCUT2D eigenvalue weighted by molar-refractivity contribution is 7.89. The van der Waals surface area contributed by atoms with Crippen molar-refractivity contribution in [2.45, 2.75) is 50.1 Å². The van der Waals surface area contributed by atoms with Gasteiger partial charge in [-0.3, -0.25) is 10.1 Å². The Bertz CT molecular complexity index is 1050. The van der Waals surface area contributed by atoms with Crippen LogP contribution < -0.4 is 4.90 Å². The van der Waals surface area contributed by atoms with Crippen molar-refractivity contribution >= 4 is 21.4 Å². The van der Waals surface area contributed by atoms with Crippen molar-refractivity contribution in [2.24, 2.45) is 0 Å². The fourth-order valence-electron chi connectivity index (χ4n) is 4.68. The van der Waals surface area contributed by atoms with Crippen LogP contribution in [0.2, 0.25) is 0 Å². The normalized spacial score (nSPS) is 20.6. The number of anilines is 1. The molecule has 4 rings (SSSR count). The summed E-state index contributed by atoms with van der Waals surface area (Å²) in [7, 11) is -3.66. The summed E-state index contributed by atoms with van der Waals surface area (Å²) in [4.78, 5) is 13.0. The zero-order valence-electron chi connectivity index (χ0n) is 16.6. The van der Waals surface area contributed by atoms with E-state index in [1.807, 2.05) is 0 Å². The predicted molar refractivity (Wildman–Crippen MR) is 112 cm³/mol. The summed E-state index contributed by atoms with van der Waals surface area (Å²) in [6.45, 7) is 4.74. The lowest BCUT2D eigenvalue weighted by Gasteiger charge is -2.40. The molecule has 2 aromatic rings. The minimum absolute atomic E-state index is 0.0955. The van der Waals surface area contributed by atoms with Crippen LogP contribution in [-0.4, -0.2) is 42.8 Å². The van der Waals surface area contributed by atoms with Crippen molar-refractivity contribution in [3.8, 4) is 0 Å². The first-order valence-corrected chi connectivity index (χ1v) is 11.3. The van der Waals surface area contributed by atoms with E-state index in [-0.39, 0.29) is 10.6 Å². The number of nitrogens with zero attached hydrogens (tertiary/aromatic N) is 3. The van der Waals surface area contributed by atoms with E-state index in [4.69, 9.17) is 0 Å². The number of rotatable bonds is 4. The number of fused-ring (bicyclic) bond motifs is 1. The number of sulfonamides is 1. The number of aryl methyl sites for hydroxylation is 1. The number of hydrogen-bond acceptors (Lipinski definition) is 5. The Morgan fingerprint density at radius 3 is 2.45 bits per heavy atom. The van der Waals surface area contributed by atoms with Crippen LogP contribution >= 0.6 is 0 Å². The van der Waals surface area contributed by atoms with E-state index in [1.165, 1.54) is 33.8 Å². The topological polar surface area (TPSA) is 83.8 Å². The SMILES string of the molecule is Cc1cc([N+](=O)[O-])ccc1S(=O)(=O)N1CCC(N2c3ccccc3CC2C)CC1. The number of para-hydroxylation sites is 1. The molecule has 0 N–H and O–H groups in total. The summed E-state index contributed by atoms with van der Waals surface area (Å²) in [5.41, 5.74) is 2.94. The Hall–Kier alpha value is -2.45. The average Bonchev–Trinajstić information content (AvgIpc) is 3.03. The Kier molecular flexibility index (Phi) is 5.08. The van der Waals surface area contributed by atoms with Gasteiger partial charge in [-0.05, 0) is 56.4 Å². The second kappa shape index (κ2) is 7.42. The van der Waals surface area contributed by atoms with Gasteiger partial charge in [0.15, 0.2) is 0 Å². The molecule has 1 saturated heterocycles. The van der Waals surface area contributed by atoms with Crippen LogP contribution in [0.1, 0.15) is 30.9 Å².